The molecular formula is C45H43N7O9. The van der Waals surface area contributed by atoms with Crippen molar-refractivity contribution in [3.8, 4) is 51.7 Å². The number of phenols is 3. The van der Waals surface area contributed by atoms with Gasteiger partial charge in [-0.3, -0.25) is 4.79 Å². The number of amides is 1. The Labute approximate surface area is 348 Å². The van der Waals surface area contributed by atoms with Gasteiger partial charge in [-0.15, -0.1) is 5.10 Å². The average molecular weight is 826 g/mol. The van der Waals surface area contributed by atoms with Crippen LogP contribution in [0.4, 0.5) is 4.79 Å². The van der Waals surface area contributed by atoms with Gasteiger partial charge in [0.1, 0.15) is 23.9 Å². The quantitative estimate of drug-likeness (QED) is 0.114. The summed E-state index contributed by atoms with van der Waals surface area (Å²) in [6.07, 6.45) is 1.73. The van der Waals surface area contributed by atoms with Crippen LogP contribution in [0.1, 0.15) is 67.9 Å². The number of pyridine rings is 2. The van der Waals surface area contributed by atoms with E-state index in [0.29, 0.717) is 41.1 Å². The topological polar surface area (TPSA) is 207 Å². The lowest BCUT2D eigenvalue weighted by atomic mass is 9.85. The Hall–Kier alpha value is -7.36. The van der Waals surface area contributed by atoms with Crippen molar-refractivity contribution in [2.75, 3.05) is 13.6 Å². The Morgan fingerprint density at radius 1 is 0.967 bits per heavy atom. The van der Waals surface area contributed by atoms with Crippen LogP contribution in [0.25, 0.3) is 50.3 Å². The summed E-state index contributed by atoms with van der Waals surface area (Å²) in [6.45, 7) is 8.07. The van der Waals surface area contributed by atoms with Gasteiger partial charge < -0.3 is 43.9 Å². The average Bonchev–Trinajstić information content (AvgIpc) is 3.94. The van der Waals surface area contributed by atoms with Crippen molar-refractivity contribution in [1.29, 1.82) is 0 Å². The first-order chi connectivity index (χ1) is 29.2. The fourth-order valence-electron chi connectivity index (χ4n) is 8.73. The third-order valence-electron chi connectivity index (χ3n) is 12.0. The molecule has 0 spiro atoms. The van der Waals surface area contributed by atoms with Crippen LogP contribution < -0.4 is 5.56 Å². The van der Waals surface area contributed by atoms with Gasteiger partial charge in [-0.05, 0) is 84.5 Å². The fraction of sp³-hybridized carbons (Fsp3) is 0.289. The number of carbonyl (C=O) groups is 2. The van der Waals surface area contributed by atoms with Crippen molar-refractivity contribution in [3.63, 3.8) is 0 Å². The van der Waals surface area contributed by atoms with Gasteiger partial charge in [-0.2, -0.15) is 0 Å². The second-order valence-corrected chi connectivity index (χ2v) is 15.8. The summed E-state index contributed by atoms with van der Waals surface area (Å²) in [5, 5.41) is 51.7. The van der Waals surface area contributed by atoms with Crippen LogP contribution in [0, 0.1) is 0 Å². The van der Waals surface area contributed by atoms with E-state index in [1.54, 1.807) is 54.9 Å². The first-order valence-corrected chi connectivity index (χ1v) is 20.1. The normalized spacial score (nSPS) is 15.5. The Morgan fingerprint density at radius 2 is 1.77 bits per heavy atom. The highest BCUT2D eigenvalue weighted by molar-refractivity contribution is 5.91. The van der Waals surface area contributed by atoms with E-state index in [4.69, 9.17) is 14.5 Å². The van der Waals surface area contributed by atoms with Crippen LogP contribution in [0.15, 0.2) is 71.7 Å². The highest BCUT2D eigenvalue weighted by Crippen LogP contribution is 2.43. The van der Waals surface area contributed by atoms with Crippen LogP contribution >= 0.6 is 0 Å². The van der Waals surface area contributed by atoms with Crippen LogP contribution in [-0.4, -0.2) is 79.9 Å². The van der Waals surface area contributed by atoms with Gasteiger partial charge >= 0.3 is 18.1 Å². The first kappa shape index (κ1) is 39.1. The number of esters is 1. The molecule has 1 atom stereocenters. The molecule has 2 aliphatic rings. The highest BCUT2D eigenvalue weighted by Gasteiger charge is 2.51. The number of hydrogen-bond donors (Lipinski definition) is 4. The maximum atomic E-state index is 14.1. The number of aryl methyl sites for hydroxylation is 1. The molecule has 0 saturated carbocycles. The van der Waals surface area contributed by atoms with Gasteiger partial charge in [0.05, 0.1) is 40.3 Å². The molecule has 1 unspecified atom stereocenters. The number of phenolic OH excluding ortho intramolecular Hbond substituents is 3. The smallest absolute Gasteiger partial charge is 0.411 e. The van der Waals surface area contributed by atoms with Crippen LogP contribution in [0.5, 0.6) is 23.3 Å². The molecule has 0 saturated heterocycles. The minimum atomic E-state index is -1.89. The van der Waals surface area contributed by atoms with E-state index in [0.717, 1.165) is 27.4 Å². The van der Waals surface area contributed by atoms with Gasteiger partial charge in [0.2, 0.25) is 5.60 Å². The molecule has 61 heavy (non-hydrogen) atoms. The third-order valence-corrected chi connectivity index (χ3v) is 12.0. The summed E-state index contributed by atoms with van der Waals surface area (Å²) in [5.74, 6) is -0.779. The lowest BCUT2D eigenvalue weighted by molar-refractivity contribution is -0.173. The number of nitrogens with zero attached hydrogens (tertiary/aromatic N) is 7. The van der Waals surface area contributed by atoms with Crippen molar-refractivity contribution >= 4 is 33.9 Å². The summed E-state index contributed by atoms with van der Waals surface area (Å²) in [6, 6.07) is 16.5. The molecule has 1 amide bonds. The Morgan fingerprint density at radius 3 is 2.52 bits per heavy atom. The predicted molar refractivity (Wildman–Crippen MR) is 224 cm³/mol. The molecule has 0 fully saturated rings. The van der Waals surface area contributed by atoms with E-state index in [1.165, 1.54) is 15.5 Å². The zero-order valence-electron chi connectivity index (χ0n) is 34.1. The molecule has 0 bridgehead atoms. The number of aromatic nitrogens is 6. The predicted octanol–water partition coefficient (Wildman–Crippen LogP) is 6.57. The van der Waals surface area contributed by atoms with Crippen molar-refractivity contribution < 1.29 is 39.5 Å². The molecule has 312 valence electrons. The number of rotatable bonds is 9. The molecule has 3 aromatic carbocycles. The lowest BCUT2D eigenvalue weighted by Gasteiger charge is -2.36. The van der Waals surface area contributed by atoms with Gasteiger partial charge in [-0.1, -0.05) is 32.8 Å². The summed E-state index contributed by atoms with van der Waals surface area (Å²) < 4.78 is 16.6. The van der Waals surface area contributed by atoms with E-state index in [9.17, 15) is 34.8 Å². The summed E-state index contributed by atoms with van der Waals surface area (Å²) in [5.41, 5.74) is 4.10. The first-order valence-electron chi connectivity index (χ1n) is 20.1. The van der Waals surface area contributed by atoms with Gasteiger partial charge in [-0.25, -0.2) is 19.1 Å². The largest absolute Gasteiger partial charge is 0.508 e. The molecule has 0 aliphatic carbocycles. The minimum absolute atomic E-state index is 0.0122. The number of fused-ring (bicyclic) bond motifs is 6. The molecule has 4 N–H and O–H groups in total. The van der Waals surface area contributed by atoms with E-state index >= 15 is 0 Å². The van der Waals surface area contributed by atoms with Crippen molar-refractivity contribution in [2.45, 2.75) is 71.8 Å². The standard InChI is InChI=1S/C45H43N7O9/c1-6-27-29-17-26(53)9-10-34(29)46-39-31(27)21-51-36(39)19-33-32(41(51)56)22-60-42(57)45(33,7-2)61-44(59)49(5)14-15-50-13-12-24-16-25(8-11-35(24)50)52-40(47-48-43(52)58)30-18-28(23(3)4)37(54)20-38(30)55/h8-13,16-20,23,53-55H,6-7,14-15,21-22H2,1-5H3,(H,48,58). The molecule has 9 rings (SSSR count). The fourth-order valence-corrected chi connectivity index (χ4v) is 8.73. The third kappa shape index (κ3) is 6.11. The number of cyclic esters (lactones) is 1. The molecule has 6 heterocycles. The molecule has 16 heteroatoms. The molecule has 0 radical (unpaired) electrons. The summed E-state index contributed by atoms with van der Waals surface area (Å²) in [4.78, 5) is 48.0. The number of benzene rings is 3. The summed E-state index contributed by atoms with van der Waals surface area (Å²) in [7, 11) is 1.57. The number of ether oxygens (including phenoxy) is 2. The molecule has 2 aliphatic heterocycles. The Bertz CT molecular complexity index is 3040. The second kappa shape index (κ2) is 14.4. The highest BCUT2D eigenvalue weighted by atomic mass is 16.6. The molecule has 4 aromatic heterocycles. The number of aromatic hydroxyl groups is 4. The van der Waals surface area contributed by atoms with Crippen molar-refractivity contribution in [1.82, 2.24) is 33.8 Å². The number of likely N-dealkylation sites (N-methyl/N-ethyl adjacent to an activating group) is 1. The van der Waals surface area contributed by atoms with Gasteiger partial charge in [0.15, 0.2) is 5.82 Å². The number of carbonyl (C=O) groups excluding carboxylic acids is 2. The van der Waals surface area contributed by atoms with Crippen LogP contribution in [-0.2, 0) is 46.0 Å². The van der Waals surface area contributed by atoms with Crippen molar-refractivity contribution in [2.24, 2.45) is 0 Å². The monoisotopic (exact) mass is 825 g/mol. The molecular weight excluding hydrogens is 783 g/mol. The maximum Gasteiger partial charge on any atom is 0.411 e. The zero-order valence-corrected chi connectivity index (χ0v) is 34.1. The lowest BCUT2D eigenvalue weighted by Crippen LogP contribution is -2.49. The SMILES string of the molecule is CCc1c2c(nc3ccc(O)cc13)-c1cc3c(c(=O)n1C2)COC(=O)C3(CC)OC(=O)N(C)CCn1ccc2cc(-n3c(O)nnc3-c3cc(C(C)C)c(O)cc3O)ccc21. The van der Waals surface area contributed by atoms with E-state index < -0.39 is 17.7 Å². The minimum Gasteiger partial charge on any atom is -0.508 e. The molecule has 7 aromatic rings. The maximum absolute atomic E-state index is 14.1. The van der Waals surface area contributed by atoms with Gasteiger partial charge in [0, 0.05) is 59.8 Å². The molecule has 16 nitrogen and oxygen atoms in total. The van der Waals surface area contributed by atoms with E-state index in [1.807, 2.05) is 49.7 Å². The zero-order chi connectivity index (χ0) is 43.1. The number of hydrogen-bond acceptors (Lipinski definition) is 12. The van der Waals surface area contributed by atoms with E-state index in [-0.39, 0.29) is 83.4 Å². The second-order valence-electron chi connectivity index (χ2n) is 15.8. The van der Waals surface area contributed by atoms with Crippen LogP contribution in [0.3, 0.4) is 0 Å². The van der Waals surface area contributed by atoms with Crippen molar-refractivity contribution in [3.05, 3.63) is 105 Å². The van der Waals surface area contributed by atoms with E-state index in [2.05, 4.69) is 10.2 Å². The summed E-state index contributed by atoms with van der Waals surface area (Å²) >= 11 is 0. The Kier molecular flexibility index (Phi) is 9.25. The Balaban J connectivity index is 0.972. The van der Waals surface area contributed by atoms with Gasteiger partial charge in [0.25, 0.3) is 5.56 Å². The van der Waals surface area contributed by atoms with Crippen LogP contribution in [0.2, 0.25) is 0 Å².